The first kappa shape index (κ1) is 26.3. The molecule has 2 aliphatic rings. The summed E-state index contributed by atoms with van der Waals surface area (Å²) in [5, 5.41) is 0. The lowest BCUT2D eigenvalue weighted by Gasteiger charge is -2.20. The summed E-state index contributed by atoms with van der Waals surface area (Å²) >= 11 is 0. The highest BCUT2D eigenvalue weighted by Crippen LogP contribution is 2.37. The maximum absolute atomic E-state index is 13.5. The molecule has 0 aliphatic carbocycles. The Kier molecular flexibility index (Phi) is 5.95. The van der Waals surface area contributed by atoms with Gasteiger partial charge in [0.2, 0.25) is 0 Å². The van der Waals surface area contributed by atoms with Crippen molar-refractivity contribution in [2.24, 2.45) is 0 Å². The first-order valence-corrected chi connectivity index (χ1v) is 14.0. The van der Waals surface area contributed by atoms with Crippen molar-refractivity contribution in [3.63, 3.8) is 0 Å². The first-order chi connectivity index (χ1) is 20.7. The van der Waals surface area contributed by atoms with Crippen LogP contribution in [0.3, 0.4) is 0 Å². The molecule has 208 valence electrons. The molecular weight excluding hydrogens is 536 g/mol. The lowest BCUT2D eigenvalue weighted by atomic mass is 9.99. The minimum atomic E-state index is -0.412. The highest BCUT2D eigenvalue weighted by atomic mass is 16.2. The molecule has 6 heteroatoms. The van der Waals surface area contributed by atoms with Gasteiger partial charge in [0.15, 0.2) is 0 Å². The summed E-state index contributed by atoms with van der Waals surface area (Å²) in [4.78, 5) is 56.1. The van der Waals surface area contributed by atoms with Crippen molar-refractivity contribution in [3.8, 4) is 22.3 Å². The van der Waals surface area contributed by atoms with E-state index in [9.17, 15) is 19.2 Å². The molecule has 2 aliphatic heterocycles. The number of fused-ring (bicyclic) bond motifs is 2. The first-order valence-electron chi connectivity index (χ1n) is 14.0. The molecule has 0 unspecified atom stereocenters. The van der Waals surface area contributed by atoms with Gasteiger partial charge in [-0.15, -0.1) is 0 Å². The molecule has 0 saturated heterocycles. The number of carbonyl (C=O) groups is 4. The van der Waals surface area contributed by atoms with Gasteiger partial charge in [-0.25, -0.2) is 9.80 Å². The van der Waals surface area contributed by atoms with E-state index in [1.165, 1.54) is 4.90 Å². The molecule has 5 aromatic carbocycles. The van der Waals surface area contributed by atoms with E-state index in [1.54, 1.807) is 49.4 Å². The number of anilines is 2. The SMILES string of the molecule is Cc1ccc(-c2ccc3c(c2)C(=O)N(c2ccc(N4C(=O)c5ccc(-c6ccc(C)cc6)cc5C4=O)c(C)c2)C3=O)cc1. The molecule has 0 aromatic heterocycles. The van der Waals surface area contributed by atoms with Crippen molar-refractivity contribution >= 4 is 35.0 Å². The fourth-order valence-corrected chi connectivity index (χ4v) is 5.82. The van der Waals surface area contributed by atoms with Gasteiger partial charge < -0.3 is 0 Å². The quantitative estimate of drug-likeness (QED) is 0.212. The van der Waals surface area contributed by atoms with Crippen LogP contribution < -0.4 is 9.80 Å². The third kappa shape index (κ3) is 4.18. The normalized spacial score (nSPS) is 14.0. The van der Waals surface area contributed by atoms with Crippen molar-refractivity contribution in [1.29, 1.82) is 0 Å². The molecule has 0 saturated carbocycles. The molecule has 5 aromatic rings. The Morgan fingerprint density at radius 3 is 1.30 bits per heavy atom. The lowest BCUT2D eigenvalue weighted by Crippen LogP contribution is -2.31. The molecule has 0 bridgehead atoms. The predicted molar refractivity (Wildman–Crippen MR) is 167 cm³/mol. The maximum Gasteiger partial charge on any atom is 0.266 e. The number of aryl methyl sites for hydroxylation is 3. The largest absolute Gasteiger partial charge is 0.268 e. The zero-order valence-electron chi connectivity index (χ0n) is 23.8. The van der Waals surface area contributed by atoms with E-state index in [0.29, 0.717) is 39.2 Å². The van der Waals surface area contributed by atoms with Crippen molar-refractivity contribution in [1.82, 2.24) is 0 Å². The number of hydrogen-bond acceptors (Lipinski definition) is 4. The smallest absolute Gasteiger partial charge is 0.266 e. The van der Waals surface area contributed by atoms with E-state index in [2.05, 4.69) is 0 Å². The van der Waals surface area contributed by atoms with Gasteiger partial charge >= 0.3 is 0 Å². The minimum absolute atomic E-state index is 0.340. The van der Waals surface area contributed by atoms with Crippen LogP contribution in [0.25, 0.3) is 22.3 Å². The number of rotatable bonds is 4. The zero-order valence-corrected chi connectivity index (χ0v) is 23.8. The summed E-state index contributed by atoms with van der Waals surface area (Å²) in [6, 6.07) is 31.4. The lowest BCUT2D eigenvalue weighted by molar-refractivity contribution is 0.0909. The number of hydrogen-bond donors (Lipinski definition) is 0. The molecule has 0 radical (unpaired) electrons. The standard InChI is InChI=1S/C37H26N2O4/c1-21-4-8-24(9-5-21)26-12-15-29-31(19-26)36(42)38(34(29)40)28-14-17-33(23(3)18-28)39-35(41)30-16-13-27(20-32(30)37(39)43)25-10-6-22(2)7-11-25/h4-20H,1-3H3. The predicted octanol–water partition coefficient (Wildman–Crippen LogP) is 7.55. The van der Waals surface area contributed by atoms with Crippen LogP contribution in [-0.2, 0) is 0 Å². The number of amides is 4. The van der Waals surface area contributed by atoms with Crippen LogP contribution in [0.2, 0.25) is 0 Å². The van der Waals surface area contributed by atoms with E-state index in [1.807, 2.05) is 74.5 Å². The summed E-state index contributed by atoms with van der Waals surface area (Å²) in [6.45, 7) is 5.78. The highest BCUT2D eigenvalue weighted by molar-refractivity contribution is 6.36. The Balaban J connectivity index is 1.18. The number of carbonyl (C=O) groups excluding carboxylic acids is 4. The third-order valence-corrected chi connectivity index (χ3v) is 8.22. The van der Waals surface area contributed by atoms with Gasteiger partial charge in [0.25, 0.3) is 23.6 Å². The van der Waals surface area contributed by atoms with Gasteiger partial charge in [0.1, 0.15) is 0 Å². The third-order valence-electron chi connectivity index (χ3n) is 8.22. The Morgan fingerprint density at radius 1 is 0.395 bits per heavy atom. The molecule has 0 fully saturated rings. The summed E-state index contributed by atoms with van der Waals surface area (Å²) in [7, 11) is 0. The number of nitrogens with zero attached hydrogens (tertiary/aromatic N) is 2. The molecule has 2 heterocycles. The summed E-state index contributed by atoms with van der Waals surface area (Å²) in [5.41, 5.74) is 8.62. The van der Waals surface area contributed by atoms with Crippen LogP contribution in [0.1, 0.15) is 58.1 Å². The molecule has 0 atom stereocenters. The molecule has 4 amide bonds. The molecule has 0 spiro atoms. The van der Waals surface area contributed by atoms with E-state index < -0.39 is 23.6 Å². The van der Waals surface area contributed by atoms with E-state index in [0.717, 1.165) is 38.3 Å². The topological polar surface area (TPSA) is 74.8 Å². The van der Waals surface area contributed by atoms with Crippen LogP contribution in [0.4, 0.5) is 11.4 Å². The average molecular weight is 563 g/mol. The Morgan fingerprint density at radius 2 is 0.814 bits per heavy atom. The van der Waals surface area contributed by atoms with Gasteiger partial charge in [0, 0.05) is 0 Å². The second kappa shape index (κ2) is 9.74. The van der Waals surface area contributed by atoms with Crippen LogP contribution in [0.5, 0.6) is 0 Å². The zero-order chi connectivity index (χ0) is 30.0. The molecule has 6 nitrogen and oxygen atoms in total. The van der Waals surface area contributed by atoms with Gasteiger partial charge in [0.05, 0.1) is 33.6 Å². The van der Waals surface area contributed by atoms with Crippen LogP contribution in [-0.4, -0.2) is 23.6 Å². The van der Waals surface area contributed by atoms with Crippen molar-refractivity contribution in [3.05, 3.63) is 142 Å². The van der Waals surface area contributed by atoms with Crippen molar-refractivity contribution in [2.75, 3.05) is 9.80 Å². The Bertz CT molecular complexity index is 2020. The molecule has 0 N–H and O–H groups in total. The van der Waals surface area contributed by atoms with Crippen molar-refractivity contribution in [2.45, 2.75) is 20.8 Å². The van der Waals surface area contributed by atoms with E-state index in [-0.39, 0.29) is 0 Å². The van der Waals surface area contributed by atoms with E-state index >= 15 is 0 Å². The van der Waals surface area contributed by atoms with E-state index in [4.69, 9.17) is 0 Å². The number of imide groups is 2. The average Bonchev–Trinajstić information content (AvgIpc) is 3.41. The monoisotopic (exact) mass is 562 g/mol. The highest BCUT2D eigenvalue weighted by Gasteiger charge is 2.39. The second-order valence-electron chi connectivity index (χ2n) is 11.1. The van der Waals surface area contributed by atoms with Crippen LogP contribution in [0, 0.1) is 20.8 Å². The fraction of sp³-hybridized carbons (Fsp3) is 0.0811. The van der Waals surface area contributed by atoms with Gasteiger partial charge in [-0.2, -0.15) is 0 Å². The minimum Gasteiger partial charge on any atom is -0.268 e. The second-order valence-corrected chi connectivity index (χ2v) is 11.1. The maximum atomic E-state index is 13.5. The van der Waals surface area contributed by atoms with Crippen LogP contribution >= 0.6 is 0 Å². The molecular formula is C37H26N2O4. The molecule has 43 heavy (non-hydrogen) atoms. The number of benzene rings is 5. The van der Waals surface area contributed by atoms with Gasteiger partial charge in [-0.1, -0.05) is 71.8 Å². The van der Waals surface area contributed by atoms with Crippen LogP contribution in [0.15, 0.2) is 103 Å². The van der Waals surface area contributed by atoms with Crippen molar-refractivity contribution < 1.29 is 19.2 Å². The summed E-state index contributed by atoms with van der Waals surface area (Å²) in [5.74, 6) is -1.64. The summed E-state index contributed by atoms with van der Waals surface area (Å²) in [6.07, 6.45) is 0. The Labute approximate surface area is 248 Å². The fourth-order valence-electron chi connectivity index (χ4n) is 5.82. The summed E-state index contributed by atoms with van der Waals surface area (Å²) < 4.78 is 0. The molecule has 7 rings (SSSR count). The van der Waals surface area contributed by atoms with Gasteiger partial charge in [-0.3, -0.25) is 19.2 Å². The Hall–Kier alpha value is -5.62. The van der Waals surface area contributed by atoms with Gasteiger partial charge in [-0.05, 0) is 91.1 Å².